The number of allylic oxidation sites excluding steroid dienone is 1. The number of amides is 2. The van der Waals surface area contributed by atoms with E-state index in [2.05, 4.69) is 41.1 Å². The number of carbonyl (C=O) groups is 1. The molecule has 2 amide bonds. The van der Waals surface area contributed by atoms with E-state index in [0.717, 1.165) is 28.8 Å². The maximum atomic E-state index is 12.7. The van der Waals surface area contributed by atoms with Gasteiger partial charge in [0.25, 0.3) is 5.89 Å². The summed E-state index contributed by atoms with van der Waals surface area (Å²) in [6.45, 7) is 8.17. The zero-order chi connectivity index (χ0) is 21.1. The van der Waals surface area contributed by atoms with Gasteiger partial charge in [0, 0.05) is 17.8 Å². The second kappa shape index (κ2) is 8.37. The Morgan fingerprint density at radius 3 is 2.57 bits per heavy atom. The summed E-state index contributed by atoms with van der Waals surface area (Å²) in [7, 11) is 0. The topological polar surface area (TPSA) is 71.3 Å². The van der Waals surface area contributed by atoms with Crippen molar-refractivity contribution in [3.05, 3.63) is 90.0 Å². The summed E-state index contributed by atoms with van der Waals surface area (Å²) in [5.41, 5.74) is 4.64. The van der Waals surface area contributed by atoms with Crippen LogP contribution in [0.3, 0.4) is 0 Å². The Hall–Kier alpha value is -3.67. The van der Waals surface area contributed by atoms with Gasteiger partial charge in [-0.15, -0.1) is 6.58 Å². The number of hydrogen-bond acceptors (Lipinski definition) is 4. The largest absolute Gasteiger partial charge is 0.334 e. The molecule has 1 aliphatic rings. The molecule has 6 heteroatoms. The number of aryl methyl sites for hydroxylation is 1. The maximum absolute atomic E-state index is 12.7. The first-order valence-electron chi connectivity index (χ1n) is 10.0. The van der Waals surface area contributed by atoms with E-state index in [4.69, 9.17) is 4.52 Å². The van der Waals surface area contributed by atoms with E-state index in [9.17, 15) is 4.79 Å². The molecule has 0 fully saturated rings. The van der Waals surface area contributed by atoms with Crippen molar-refractivity contribution < 1.29 is 9.32 Å². The Morgan fingerprint density at radius 2 is 1.90 bits per heavy atom. The second-order valence-corrected chi connectivity index (χ2v) is 7.17. The molecule has 6 nitrogen and oxygen atoms in total. The first-order valence-corrected chi connectivity index (χ1v) is 10.0. The van der Waals surface area contributed by atoms with Crippen molar-refractivity contribution in [3.8, 4) is 11.4 Å². The fraction of sp³-hybridized carbons (Fsp3) is 0.208. The van der Waals surface area contributed by atoms with E-state index in [1.54, 1.807) is 11.0 Å². The van der Waals surface area contributed by atoms with Crippen molar-refractivity contribution in [2.24, 2.45) is 0 Å². The Kier molecular flexibility index (Phi) is 5.48. The lowest BCUT2D eigenvalue weighted by Gasteiger charge is -2.34. The van der Waals surface area contributed by atoms with Crippen molar-refractivity contribution >= 4 is 11.6 Å². The van der Waals surface area contributed by atoms with Gasteiger partial charge in [-0.3, -0.25) is 4.90 Å². The van der Waals surface area contributed by atoms with Gasteiger partial charge in [-0.2, -0.15) is 4.98 Å². The summed E-state index contributed by atoms with van der Waals surface area (Å²) in [5.74, 6) is 0.914. The number of hydrogen-bond donors (Lipinski definition) is 1. The normalized spacial score (nSPS) is 16.5. The molecule has 0 saturated heterocycles. The fourth-order valence-electron chi connectivity index (χ4n) is 3.64. The average molecular weight is 400 g/mol. The molecule has 30 heavy (non-hydrogen) atoms. The average Bonchev–Trinajstić information content (AvgIpc) is 3.26. The predicted molar refractivity (Wildman–Crippen MR) is 116 cm³/mol. The number of urea groups is 1. The number of aromatic nitrogens is 2. The van der Waals surface area contributed by atoms with Gasteiger partial charge < -0.3 is 9.84 Å². The smallest absolute Gasteiger partial charge is 0.322 e. The van der Waals surface area contributed by atoms with Gasteiger partial charge in [0.1, 0.15) is 0 Å². The van der Waals surface area contributed by atoms with Crippen LogP contribution in [0.15, 0.2) is 77.5 Å². The van der Waals surface area contributed by atoms with Crippen molar-refractivity contribution in [3.63, 3.8) is 0 Å². The van der Waals surface area contributed by atoms with Gasteiger partial charge in [0.05, 0.1) is 11.6 Å². The summed E-state index contributed by atoms with van der Waals surface area (Å²) in [6, 6.07) is 17.3. The highest BCUT2D eigenvalue weighted by Gasteiger charge is 2.35. The standard InChI is InChI=1S/C24H24N4O2/c1-4-15-28-16(3)20(21(25-24(28)29)18-9-7-6-8-10-18)23-26-22(27-30-23)19-13-11-17(5-2)12-14-19/h4,6-14,21H,1,5,15H2,2-3H3,(H,25,29). The quantitative estimate of drug-likeness (QED) is 0.592. The van der Waals surface area contributed by atoms with Crippen molar-refractivity contribution in [2.75, 3.05) is 6.54 Å². The van der Waals surface area contributed by atoms with Crippen LogP contribution in [0.25, 0.3) is 17.0 Å². The molecule has 0 spiro atoms. The summed E-state index contributed by atoms with van der Waals surface area (Å²) < 4.78 is 5.68. The lowest BCUT2D eigenvalue weighted by Crippen LogP contribution is -2.46. The molecular formula is C24H24N4O2. The number of carbonyl (C=O) groups excluding carboxylic acids is 1. The van der Waals surface area contributed by atoms with Crippen LogP contribution in [-0.2, 0) is 6.42 Å². The fourth-order valence-corrected chi connectivity index (χ4v) is 3.64. The highest BCUT2D eigenvalue weighted by Crippen LogP contribution is 2.37. The van der Waals surface area contributed by atoms with Gasteiger partial charge in [-0.05, 0) is 24.5 Å². The first kappa shape index (κ1) is 19.6. The molecule has 1 atom stereocenters. The summed E-state index contributed by atoms with van der Waals surface area (Å²) in [5, 5.41) is 7.26. The highest BCUT2D eigenvalue weighted by atomic mass is 16.5. The molecule has 1 N–H and O–H groups in total. The van der Waals surface area contributed by atoms with Crippen molar-refractivity contribution in [2.45, 2.75) is 26.3 Å². The minimum Gasteiger partial charge on any atom is -0.334 e. The summed E-state index contributed by atoms with van der Waals surface area (Å²) >= 11 is 0. The Balaban J connectivity index is 1.78. The number of rotatable bonds is 6. The molecule has 1 aliphatic heterocycles. The van der Waals surface area contributed by atoms with Crippen LogP contribution in [0, 0.1) is 0 Å². The Morgan fingerprint density at radius 1 is 1.17 bits per heavy atom. The number of nitrogens with zero attached hydrogens (tertiary/aromatic N) is 3. The van der Waals surface area contributed by atoms with Crippen LogP contribution in [0.2, 0.25) is 0 Å². The van der Waals surface area contributed by atoms with Gasteiger partial charge in [-0.1, -0.05) is 72.8 Å². The predicted octanol–water partition coefficient (Wildman–Crippen LogP) is 4.98. The van der Waals surface area contributed by atoms with Crippen LogP contribution in [0.1, 0.15) is 36.9 Å². The van der Waals surface area contributed by atoms with Gasteiger partial charge in [0.2, 0.25) is 5.82 Å². The molecule has 0 radical (unpaired) electrons. The maximum Gasteiger partial charge on any atom is 0.322 e. The molecule has 2 heterocycles. The number of nitrogens with one attached hydrogen (secondary N) is 1. The molecule has 0 bridgehead atoms. The second-order valence-electron chi connectivity index (χ2n) is 7.17. The van der Waals surface area contributed by atoms with E-state index >= 15 is 0 Å². The SMILES string of the molecule is C=CCN1C(=O)NC(c2ccccc2)C(c2nc(-c3ccc(CC)cc3)no2)=C1C. The van der Waals surface area contributed by atoms with E-state index in [0.29, 0.717) is 18.3 Å². The van der Waals surface area contributed by atoms with Crippen LogP contribution in [-0.4, -0.2) is 27.6 Å². The molecule has 4 rings (SSSR count). The van der Waals surface area contributed by atoms with E-state index in [1.165, 1.54) is 5.56 Å². The summed E-state index contributed by atoms with van der Waals surface area (Å²) in [6.07, 6.45) is 2.67. The molecule has 1 unspecified atom stereocenters. The van der Waals surface area contributed by atoms with Crippen LogP contribution >= 0.6 is 0 Å². The van der Waals surface area contributed by atoms with Gasteiger partial charge >= 0.3 is 6.03 Å². The molecule has 0 aliphatic carbocycles. The highest BCUT2D eigenvalue weighted by molar-refractivity contribution is 5.87. The van der Waals surface area contributed by atoms with Crippen molar-refractivity contribution in [1.82, 2.24) is 20.4 Å². The Labute approximate surface area is 175 Å². The van der Waals surface area contributed by atoms with E-state index < -0.39 is 0 Å². The van der Waals surface area contributed by atoms with Gasteiger partial charge in [-0.25, -0.2) is 4.79 Å². The number of benzene rings is 2. The van der Waals surface area contributed by atoms with E-state index in [-0.39, 0.29) is 12.1 Å². The zero-order valence-corrected chi connectivity index (χ0v) is 17.1. The van der Waals surface area contributed by atoms with E-state index in [1.807, 2.05) is 49.4 Å². The summed E-state index contributed by atoms with van der Waals surface area (Å²) in [4.78, 5) is 19.0. The molecular weight excluding hydrogens is 376 g/mol. The first-order chi connectivity index (χ1) is 14.6. The molecule has 1 aromatic heterocycles. The minimum absolute atomic E-state index is 0.181. The molecule has 3 aromatic rings. The monoisotopic (exact) mass is 400 g/mol. The third-order valence-corrected chi connectivity index (χ3v) is 5.32. The molecule has 2 aromatic carbocycles. The third kappa shape index (κ3) is 3.64. The van der Waals surface area contributed by atoms with Crippen LogP contribution < -0.4 is 5.32 Å². The minimum atomic E-state index is -0.379. The lowest BCUT2D eigenvalue weighted by molar-refractivity contribution is 0.209. The zero-order valence-electron chi connectivity index (χ0n) is 17.1. The molecule has 0 saturated carbocycles. The third-order valence-electron chi connectivity index (χ3n) is 5.32. The van der Waals surface area contributed by atoms with Crippen LogP contribution in [0.4, 0.5) is 4.79 Å². The molecule has 152 valence electrons. The lowest BCUT2D eigenvalue weighted by atomic mass is 9.95. The van der Waals surface area contributed by atoms with Crippen molar-refractivity contribution in [1.29, 1.82) is 0 Å². The van der Waals surface area contributed by atoms with Gasteiger partial charge in [0.15, 0.2) is 0 Å². The van der Waals surface area contributed by atoms with Crippen LogP contribution in [0.5, 0.6) is 0 Å². The Bertz CT molecular complexity index is 1080.